The first-order chi connectivity index (χ1) is 14.5. The van der Waals surface area contributed by atoms with Crippen LogP contribution in [0.5, 0.6) is 11.6 Å². The quantitative estimate of drug-likeness (QED) is 0.270. The Labute approximate surface area is 200 Å². The zero-order chi connectivity index (χ0) is 21.8. The van der Waals surface area contributed by atoms with Gasteiger partial charge in [0.05, 0.1) is 6.54 Å². The van der Waals surface area contributed by atoms with Gasteiger partial charge in [-0.2, -0.15) is 0 Å². The first kappa shape index (κ1) is 26.6. The second-order valence-corrected chi connectivity index (χ2v) is 6.50. The number of nitrogens with zero attached hydrogens (tertiary/aromatic N) is 3. The Balaban J connectivity index is 0.00000480. The summed E-state index contributed by atoms with van der Waals surface area (Å²) in [6, 6.07) is 9.49. The molecule has 9 heteroatoms. The van der Waals surface area contributed by atoms with E-state index in [1.807, 2.05) is 31.7 Å². The average molecular weight is 543 g/mol. The van der Waals surface area contributed by atoms with E-state index in [0.717, 1.165) is 18.7 Å². The van der Waals surface area contributed by atoms with Crippen LogP contribution in [0.15, 0.2) is 47.6 Å². The van der Waals surface area contributed by atoms with Crippen LogP contribution in [0.1, 0.15) is 32.8 Å². The number of hydrogen-bond acceptors (Lipinski definition) is 4. The minimum atomic E-state index is -0.360. The maximum absolute atomic E-state index is 13.2. The van der Waals surface area contributed by atoms with Crippen LogP contribution in [0, 0.1) is 5.82 Å². The fraction of sp³-hybridized carbons (Fsp3) is 0.409. The van der Waals surface area contributed by atoms with Crippen molar-refractivity contribution in [2.45, 2.75) is 33.7 Å². The normalized spacial score (nSPS) is 10.8. The third-order valence-corrected chi connectivity index (χ3v) is 4.33. The van der Waals surface area contributed by atoms with Crippen LogP contribution in [0.2, 0.25) is 0 Å². The minimum Gasteiger partial charge on any atom is -0.439 e. The Hall–Kier alpha value is -2.43. The van der Waals surface area contributed by atoms with E-state index < -0.39 is 0 Å². The highest BCUT2D eigenvalue weighted by molar-refractivity contribution is 14.0. The van der Waals surface area contributed by atoms with Crippen LogP contribution in [-0.2, 0) is 11.3 Å². The first-order valence-electron chi connectivity index (χ1n) is 10.2. The molecule has 0 saturated carbocycles. The standard InChI is InChI=1S/C22H30FN5O2.HI/c1-4-24-22(25-13-12-21(29)28(5-2)6-3)27-16-17-10-11-20(26-15-17)30-19-9-7-8-18(23)14-19;/h7-11,14-15H,4-6,12-13,16H2,1-3H3,(H2,24,25,27);1H. The number of guanidine groups is 1. The van der Waals surface area contributed by atoms with Crippen molar-refractivity contribution in [2.75, 3.05) is 26.2 Å². The van der Waals surface area contributed by atoms with E-state index in [2.05, 4.69) is 20.6 Å². The topological polar surface area (TPSA) is 78.9 Å². The number of carbonyl (C=O) groups is 1. The Bertz CT molecular complexity index is 829. The highest BCUT2D eigenvalue weighted by atomic mass is 127. The molecule has 0 spiro atoms. The molecule has 0 atom stereocenters. The van der Waals surface area contributed by atoms with Gasteiger partial charge in [-0.1, -0.05) is 12.1 Å². The molecule has 1 aromatic heterocycles. The number of amides is 1. The molecule has 2 rings (SSSR count). The monoisotopic (exact) mass is 543 g/mol. The highest BCUT2D eigenvalue weighted by Gasteiger charge is 2.09. The molecule has 1 amide bonds. The van der Waals surface area contributed by atoms with Crippen molar-refractivity contribution in [3.63, 3.8) is 0 Å². The van der Waals surface area contributed by atoms with Gasteiger partial charge in [0.25, 0.3) is 0 Å². The molecule has 0 bridgehead atoms. The van der Waals surface area contributed by atoms with E-state index in [4.69, 9.17) is 4.74 Å². The molecule has 0 radical (unpaired) electrons. The molecular formula is C22H31FIN5O2. The van der Waals surface area contributed by atoms with Crippen molar-refractivity contribution in [3.05, 3.63) is 54.0 Å². The van der Waals surface area contributed by atoms with E-state index in [1.54, 1.807) is 24.4 Å². The number of aromatic nitrogens is 1. The number of benzene rings is 1. The van der Waals surface area contributed by atoms with Gasteiger partial charge in [0.1, 0.15) is 11.6 Å². The molecule has 0 saturated heterocycles. The lowest BCUT2D eigenvalue weighted by atomic mass is 10.3. The van der Waals surface area contributed by atoms with Crippen LogP contribution < -0.4 is 15.4 Å². The van der Waals surface area contributed by atoms with Crippen molar-refractivity contribution >= 4 is 35.8 Å². The third-order valence-electron chi connectivity index (χ3n) is 4.33. The van der Waals surface area contributed by atoms with E-state index in [0.29, 0.717) is 43.6 Å². The summed E-state index contributed by atoms with van der Waals surface area (Å²) < 4.78 is 18.8. The molecule has 2 aromatic rings. The number of aliphatic imine (C=N–C) groups is 1. The number of halogens is 2. The predicted molar refractivity (Wildman–Crippen MR) is 131 cm³/mol. The molecule has 7 nitrogen and oxygen atoms in total. The number of pyridine rings is 1. The van der Waals surface area contributed by atoms with E-state index in [9.17, 15) is 9.18 Å². The summed E-state index contributed by atoms with van der Waals surface area (Å²) in [4.78, 5) is 22.7. The van der Waals surface area contributed by atoms with Crippen LogP contribution in [0.25, 0.3) is 0 Å². The van der Waals surface area contributed by atoms with Crippen LogP contribution in [0.3, 0.4) is 0 Å². The molecule has 1 heterocycles. The van der Waals surface area contributed by atoms with Crippen LogP contribution >= 0.6 is 24.0 Å². The van der Waals surface area contributed by atoms with Crippen molar-refractivity contribution in [3.8, 4) is 11.6 Å². The second-order valence-electron chi connectivity index (χ2n) is 6.50. The summed E-state index contributed by atoms with van der Waals surface area (Å²) in [5.74, 6) is 1.19. The summed E-state index contributed by atoms with van der Waals surface area (Å²) >= 11 is 0. The lowest BCUT2D eigenvalue weighted by Gasteiger charge is -2.19. The van der Waals surface area contributed by atoms with Gasteiger partial charge < -0.3 is 20.3 Å². The lowest BCUT2D eigenvalue weighted by Crippen LogP contribution is -2.40. The van der Waals surface area contributed by atoms with Gasteiger partial charge in [0, 0.05) is 50.9 Å². The molecule has 2 N–H and O–H groups in total. The average Bonchev–Trinajstić information content (AvgIpc) is 2.74. The number of rotatable bonds is 10. The van der Waals surface area contributed by atoms with Gasteiger partial charge in [0.15, 0.2) is 5.96 Å². The van der Waals surface area contributed by atoms with Gasteiger partial charge >= 0.3 is 0 Å². The largest absolute Gasteiger partial charge is 0.439 e. The molecule has 0 unspecified atom stereocenters. The van der Waals surface area contributed by atoms with Crippen molar-refractivity contribution in [1.29, 1.82) is 0 Å². The Morgan fingerprint density at radius 2 is 1.94 bits per heavy atom. The van der Waals surface area contributed by atoms with Crippen molar-refractivity contribution in [1.82, 2.24) is 20.5 Å². The van der Waals surface area contributed by atoms with Gasteiger partial charge in [-0.25, -0.2) is 14.4 Å². The summed E-state index contributed by atoms with van der Waals surface area (Å²) in [7, 11) is 0. The second kappa shape index (κ2) is 14.6. The Morgan fingerprint density at radius 3 is 2.55 bits per heavy atom. The van der Waals surface area contributed by atoms with Crippen LogP contribution in [-0.4, -0.2) is 47.9 Å². The fourth-order valence-corrected chi connectivity index (χ4v) is 2.75. The molecule has 170 valence electrons. The van der Waals surface area contributed by atoms with Gasteiger partial charge in [-0.3, -0.25) is 4.79 Å². The molecule has 0 aliphatic heterocycles. The third kappa shape index (κ3) is 9.50. The Morgan fingerprint density at radius 1 is 1.16 bits per heavy atom. The molecule has 1 aromatic carbocycles. The van der Waals surface area contributed by atoms with Gasteiger partial charge in [0.2, 0.25) is 11.8 Å². The number of ether oxygens (including phenoxy) is 1. The first-order valence-corrected chi connectivity index (χ1v) is 10.2. The number of carbonyl (C=O) groups excluding carboxylic acids is 1. The SMILES string of the molecule is CCNC(=NCc1ccc(Oc2cccc(F)c2)nc1)NCCC(=O)N(CC)CC.I. The van der Waals surface area contributed by atoms with E-state index >= 15 is 0 Å². The zero-order valence-electron chi connectivity index (χ0n) is 18.2. The van der Waals surface area contributed by atoms with Gasteiger partial charge in [-0.15, -0.1) is 24.0 Å². The molecule has 0 aliphatic carbocycles. The maximum Gasteiger partial charge on any atom is 0.224 e. The smallest absolute Gasteiger partial charge is 0.224 e. The zero-order valence-corrected chi connectivity index (χ0v) is 20.6. The lowest BCUT2D eigenvalue weighted by molar-refractivity contribution is -0.130. The minimum absolute atomic E-state index is 0. The van der Waals surface area contributed by atoms with Crippen molar-refractivity contribution in [2.24, 2.45) is 4.99 Å². The number of nitrogens with one attached hydrogen (secondary N) is 2. The molecule has 0 aliphatic rings. The summed E-state index contributed by atoms with van der Waals surface area (Å²) in [6.07, 6.45) is 2.09. The fourth-order valence-electron chi connectivity index (χ4n) is 2.75. The van der Waals surface area contributed by atoms with Crippen molar-refractivity contribution < 1.29 is 13.9 Å². The molecule has 31 heavy (non-hydrogen) atoms. The summed E-state index contributed by atoms with van der Waals surface area (Å²) in [6.45, 7) is 9.02. The highest BCUT2D eigenvalue weighted by Crippen LogP contribution is 2.20. The van der Waals surface area contributed by atoms with E-state index in [-0.39, 0.29) is 35.7 Å². The Kier molecular flexibility index (Phi) is 12.5. The molecular weight excluding hydrogens is 512 g/mol. The predicted octanol–water partition coefficient (Wildman–Crippen LogP) is 3.94. The maximum atomic E-state index is 13.2. The van der Waals surface area contributed by atoms with Crippen LogP contribution in [0.4, 0.5) is 4.39 Å². The molecule has 0 fully saturated rings. The summed E-state index contributed by atoms with van der Waals surface area (Å²) in [5, 5.41) is 6.35. The number of hydrogen-bond donors (Lipinski definition) is 2. The van der Waals surface area contributed by atoms with E-state index in [1.165, 1.54) is 12.1 Å². The van der Waals surface area contributed by atoms with Gasteiger partial charge in [-0.05, 0) is 38.5 Å². The summed E-state index contributed by atoms with van der Waals surface area (Å²) in [5.41, 5.74) is 0.901.